The van der Waals surface area contributed by atoms with Crippen molar-refractivity contribution < 1.29 is 19.7 Å². The summed E-state index contributed by atoms with van der Waals surface area (Å²) in [5.74, 6) is 0. The van der Waals surface area contributed by atoms with Crippen LogP contribution in [0.15, 0.2) is 0 Å². The maximum Gasteiger partial charge on any atom is 0.142 e. The number of hydrogen-bond acceptors (Lipinski definition) is 4. The Morgan fingerprint density at radius 3 is 2.64 bits per heavy atom. The molecule has 0 aromatic rings. The first kappa shape index (κ1) is 7.55. The molecule has 4 nitrogen and oxygen atoms in total. The largest absolute Gasteiger partial charge is 0.393 e. The van der Waals surface area contributed by atoms with Gasteiger partial charge in [0.25, 0.3) is 0 Å². The van der Waals surface area contributed by atoms with Crippen LogP contribution in [-0.2, 0) is 9.47 Å². The standard InChI is InChI=1S/C6H11BO4/c7-5-3-4(9)6(1-8,11-5)2-10-3/h3-5,8-9H,1-2,7H2. The Morgan fingerprint density at radius 1 is 1.64 bits per heavy atom. The zero-order valence-corrected chi connectivity index (χ0v) is 6.36. The van der Waals surface area contributed by atoms with Gasteiger partial charge >= 0.3 is 0 Å². The molecule has 11 heavy (non-hydrogen) atoms. The van der Waals surface area contributed by atoms with E-state index in [-0.39, 0.29) is 18.7 Å². The van der Waals surface area contributed by atoms with E-state index < -0.39 is 11.7 Å². The highest BCUT2D eigenvalue weighted by molar-refractivity contribution is 6.11. The van der Waals surface area contributed by atoms with Gasteiger partial charge in [-0.3, -0.25) is 0 Å². The molecule has 0 amide bonds. The monoisotopic (exact) mass is 158 g/mol. The molecule has 0 saturated carbocycles. The molecular formula is C6H11BO4. The fourth-order valence-electron chi connectivity index (χ4n) is 1.82. The van der Waals surface area contributed by atoms with Gasteiger partial charge < -0.3 is 19.7 Å². The number of aliphatic hydroxyl groups excluding tert-OH is 2. The SMILES string of the molecule is BC1OC2(CO)COC1C2O. The Kier molecular flexibility index (Phi) is 1.51. The molecule has 0 radical (unpaired) electrons. The molecule has 2 aliphatic rings. The van der Waals surface area contributed by atoms with Gasteiger partial charge in [-0.05, 0) is 0 Å². The summed E-state index contributed by atoms with van der Waals surface area (Å²) in [5, 5.41) is 18.5. The zero-order chi connectivity index (χ0) is 8.06. The minimum absolute atomic E-state index is 0.106. The molecule has 0 spiro atoms. The lowest BCUT2D eigenvalue weighted by molar-refractivity contribution is -0.136. The smallest absolute Gasteiger partial charge is 0.142 e. The summed E-state index contributed by atoms with van der Waals surface area (Å²) in [7, 11) is 1.84. The third-order valence-electron chi connectivity index (χ3n) is 2.52. The normalized spacial score (nSPS) is 55.3. The van der Waals surface area contributed by atoms with Gasteiger partial charge in [-0.15, -0.1) is 0 Å². The molecule has 2 heterocycles. The highest BCUT2D eigenvalue weighted by atomic mass is 16.6. The van der Waals surface area contributed by atoms with Crippen molar-refractivity contribution in [1.82, 2.24) is 0 Å². The van der Waals surface area contributed by atoms with Crippen LogP contribution >= 0.6 is 0 Å². The molecule has 5 heteroatoms. The van der Waals surface area contributed by atoms with Crippen LogP contribution in [0.25, 0.3) is 0 Å². The summed E-state index contributed by atoms with van der Waals surface area (Å²) in [6.07, 6.45) is -0.912. The third-order valence-corrected chi connectivity index (χ3v) is 2.52. The highest BCUT2D eigenvalue weighted by Crippen LogP contribution is 2.38. The maximum atomic E-state index is 9.54. The lowest BCUT2D eigenvalue weighted by Crippen LogP contribution is -2.44. The van der Waals surface area contributed by atoms with Crippen molar-refractivity contribution in [3.05, 3.63) is 0 Å². The Hall–Kier alpha value is -0.0951. The van der Waals surface area contributed by atoms with E-state index in [1.54, 1.807) is 0 Å². The Labute approximate surface area is 65.5 Å². The molecule has 0 aliphatic carbocycles. The topological polar surface area (TPSA) is 58.9 Å². The van der Waals surface area contributed by atoms with Crippen LogP contribution < -0.4 is 0 Å². The van der Waals surface area contributed by atoms with Crippen LogP contribution in [-0.4, -0.2) is 55.1 Å². The number of aliphatic hydroxyl groups is 2. The van der Waals surface area contributed by atoms with Gasteiger partial charge in [-0.1, -0.05) is 0 Å². The van der Waals surface area contributed by atoms with Crippen molar-refractivity contribution >= 4 is 7.85 Å². The predicted octanol–water partition coefficient (Wildman–Crippen LogP) is -2.53. The van der Waals surface area contributed by atoms with E-state index in [9.17, 15) is 5.11 Å². The van der Waals surface area contributed by atoms with Crippen molar-refractivity contribution in [2.24, 2.45) is 0 Å². The van der Waals surface area contributed by atoms with Gasteiger partial charge in [0.2, 0.25) is 0 Å². The van der Waals surface area contributed by atoms with Gasteiger partial charge in [-0.25, -0.2) is 0 Å². The second-order valence-electron chi connectivity index (χ2n) is 3.27. The minimum Gasteiger partial charge on any atom is -0.393 e. The van der Waals surface area contributed by atoms with Gasteiger partial charge in [0.1, 0.15) is 25.7 Å². The molecule has 2 fully saturated rings. The molecule has 0 aromatic heterocycles. The summed E-state index contributed by atoms with van der Waals surface area (Å²) in [6.45, 7) is 0.134. The predicted molar refractivity (Wildman–Crippen MR) is 39.0 cm³/mol. The molecular weight excluding hydrogens is 147 g/mol. The maximum absolute atomic E-state index is 9.54. The van der Waals surface area contributed by atoms with Gasteiger partial charge in [0, 0.05) is 0 Å². The summed E-state index contributed by atoms with van der Waals surface area (Å²) < 4.78 is 10.6. The van der Waals surface area contributed by atoms with Crippen molar-refractivity contribution in [2.45, 2.75) is 23.8 Å². The fourth-order valence-corrected chi connectivity index (χ4v) is 1.82. The van der Waals surface area contributed by atoms with Crippen LogP contribution in [0, 0.1) is 0 Å². The summed E-state index contributed by atoms with van der Waals surface area (Å²) in [6, 6.07) is -0.106. The second kappa shape index (κ2) is 2.20. The van der Waals surface area contributed by atoms with Crippen molar-refractivity contribution in [1.29, 1.82) is 0 Å². The molecule has 2 rings (SSSR count). The fraction of sp³-hybridized carbons (Fsp3) is 1.00. The Balaban J connectivity index is 2.24. The first-order valence-corrected chi connectivity index (χ1v) is 3.78. The lowest BCUT2D eigenvalue weighted by Gasteiger charge is -2.27. The average molecular weight is 158 g/mol. The second-order valence-corrected chi connectivity index (χ2v) is 3.27. The summed E-state index contributed by atoms with van der Waals surface area (Å²) in [4.78, 5) is 0. The first-order chi connectivity index (χ1) is 5.19. The van der Waals surface area contributed by atoms with E-state index in [1.807, 2.05) is 7.85 Å². The zero-order valence-electron chi connectivity index (χ0n) is 6.36. The number of rotatable bonds is 1. The Bertz CT molecular complexity index is 176. The molecule has 4 unspecified atom stereocenters. The minimum atomic E-state index is -0.829. The highest BCUT2D eigenvalue weighted by Gasteiger charge is 2.58. The van der Waals surface area contributed by atoms with E-state index in [4.69, 9.17) is 14.6 Å². The van der Waals surface area contributed by atoms with Crippen LogP contribution in [0.5, 0.6) is 0 Å². The first-order valence-electron chi connectivity index (χ1n) is 3.78. The average Bonchev–Trinajstić information content (AvgIpc) is 2.42. The van der Waals surface area contributed by atoms with Gasteiger partial charge in [-0.2, -0.15) is 0 Å². The molecule has 2 saturated heterocycles. The molecule has 62 valence electrons. The molecule has 4 atom stereocenters. The van der Waals surface area contributed by atoms with E-state index in [0.29, 0.717) is 6.61 Å². The van der Waals surface area contributed by atoms with Crippen LogP contribution in [0.1, 0.15) is 0 Å². The third kappa shape index (κ3) is 0.795. The number of fused-ring (bicyclic) bond motifs is 2. The quantitative estimate of drug-likeness (QED) is 0.413. The van der Waals surface area contributed by atoms with E-state index in [1.165, 1.54) is 0 Å². The van der Waals surface area contributed by atoms with Gasteiger partial charge in [0.05, 0.1) is 19.2 Å². The number of ether oxygens (including phenoxy) is 2. The van der Waals surface area contributed by atoms with Crippen molar-refractivity contribution in [2.75, 3.05) is 13.2 Å². The summed E-state index contributed by atoms with van der Waals surface area (Å²) in [5.41, 5.74) is -0.829. The lowest BCUT2D eigenvalue weighted by atomic mass is 9.92. The molecule has 0 aromatic carbocycles. The van der Waals surface area contributed by atoms with Gasteiger partial charge in [0.15, 0.2) is 0 Å². The molecule has 2 bridgehead atoms. The Morgan fingerprint density at radius 2 is 2.36 bits per heavy atom. The van der Waals surface area contributed by atoms with E-state index in [2.05, 4.69) is 0 Å². The van der Waals surface area contributed by atoms with Crippen molar-refractivity contribution in [3.8, 4) is 0 Å². The molecule has 2 N–H and O–H groups in total. The number of hydrogen-bond donors (Lipinski definition) is 2. The molecule has 2 aliphatic heterocycles. The van der Waals surface area contributed by atoms with Crippen LogP contribution in [0.2, 0.25) is 0 Å². The van der Waals surface area contributed by atoms with Crippen molar-refractivity contribution in [3.63, 3.8) is 0 Å². The summed E-state index contributed by atoms with van der Waals surface area (Å²) >= 11 is 0. The van der Waals surface area contributed by atoms with Crippen LogP contribution in [0.3, 0.4) is 0 Å². The van der Waals surface area contributed by atoms with E-state index >= 15 is 0 Å². The van der Waals surface area contributed by atoms with E-state index in [0.717, 1.165) is 0 Å². The van der Waals surface area contributed by atoms with Crippen LogP contribution in [0.4, 0.5) is 0 Å².